The first-order valence-electron chi connectivity index (χ1n) is 7.48. The van der Waals surface area contributed by atoms with Gasteiger partial charge in [0, 0.05) is 17.0 Å². The van der Waals surface area contributed by atoms with Gasteiger partial charge in [-0.3, -0.25) is 4.79 Å². The van der Waals surface area contributed by atoms with E-state index < -0.39 is 5.82 Å². The number of rotatable bonds is 4. The van der Waals surface area contributed by atoms with E-state index >= 15 is 0 Å². The Hall–Kier alpha value is -2.20. The summed E-state index contributed by atoms with van der Waals surface area (Å²) in [5.41, 5.74) is 7.58. The summed E-state index contributed by atoms with van der Waals surface area (Å²) in [6, 6.07) is 13.7. The topological polar surface area (TPSA) is 55.1 Å². The van der Waals surface area contributed by atoms with E-state index in [4.69, 9.17) is 5.73 Å². The molecule has 1 fully saturated rings. The summed E-state index contributed by atoms with van der Waals surface area (Å²) < 4.78 is 14.2. The predicted octanol–water partition coefficient (Wildman–Crippen LogP) is 3.67. The molecule has 3 N–H and O–H groups in total. The van der Waals surface area contributed by atoms with Crippen molar-refractivity contribution in [3.8, 4) is 0 Å². The third kappa shape index (κ3) is 2.74. The molecule has 1 saturated carbocycles. The lowest BCUT2D eigenvalue weighted by Crippen LogP contribution is -2.22. The molecule has 0 heterocycles. The zero-order valence-electron chi connectivity index (χ0n) is 12.5. The number of carbonyl (C=O) groups is 1. The molecule has 2 aromatic carbocycles. The molecule has 2 aromatic rings. The number of nitrogens with two attached hydrogens (primary N) is 1. The lowest BCUT2D eigenvalue weighted by molar-refractivity contribution is 0.102. The Kier molecular flexibility index (Phi) is 3.71. The van der Waals surface area contributed by atoms with E-state index in [-0.39, 0.29) is 23.1 Å². The van der Waals surface area contributed by atoms with E-state index in [1.807, 2.05) is 19.1 Å². The van der Waals surface area contributed by atoms with E-state index in [1.54, 1.807) is 30.3 Å². The van der Waals surface area contributed by atoms with E-state index in [1.165, 1.54) is 6.07 Å². The zero-order valence-corrected chi connectivity index (χ0v) is 12.5. The number of nitrogens with one attached hydrogen (secondary N) is 1. The van der Waals surface area contributed by atoms with E-state index in [0.29, 0.717) is 5.56 Å². The minimum absolute atomic E-state index is 0.192. The van der Waals surface area contributed by atoms with Crippen LogP contribution < -0.4 is 11.1 Å². The number of amides is 1. The lowest BCUT2D eigenvalue weighted by atomic mass is 10.0. The second-order valence-corrected chi connectivity index (χ2v) is 5.90. The maximum atomic E-state index is 14.2. The molecular weight excluding hydrogens is 279 g/mol. The summed E-state index contributed by atoms with van der Waals surface area (Å²) in [4.78, 5) is 12.0. The van der Waals surface area contributed by atoms with Gasteiger partial charge in [0.25, 0.3) is 5.91 Å². The molecule has 0 spiro atoms. The van der Waals surface area contributed by atoms with Crippen molar-refractivity contribution in [1.82, 2.24) is 0 Å². The van der Waals surface area contributed by atoms with Gasteiger partial charge in [-0.15, -0.1) is 0 Å². The summed E-state index contributed by atoms with van der Waals surface area (Å²) in [7, 11) is 0. The number of hydrogen-bond acceptors (Lipinski definition) is 2. The van der Waals surface area contributed by atoms with Crippen molar-refractivity contribution < 1.29 is 9.18 Å². The molecule has 2 unspecified atom stereocenters. The third-order valence-electron chi connectivity index (χ3n) is 4.46. The van der Waals surface area contributed by atoms with Gasteiger partial charge in [0.1, 0.15) is 5.82 Å². The third-order valence-corrected chi connectivity index (χ3v) is 4.46. The fourth-order valence-corrected chi connectivity index (χ4v) is 2.80. The highest BCUT2D eigenvalue weighted by molar-refractivity contribution is 6.04. The molecule has 2 atom stereocenters. The molecular formula is C18H19FN2O. The van der Waals surface area contributed by atoms with Gasteiger partial charge in [0.2, 0.25) is 0 Å². The molecule has 3 nitrogen and oxygen atoms in total. The normalized spacial score (nSPS) is 23.1. The maximum Gasteiger partial charge on any atom is 0.255 e. The highest BCUT2D eigenvalue weighted by Gasteiger charge is 2.50. The number of anilines is 1. The fraction of sp³-hybridized carbons (Fsp3) is 0.278. The van der Waals surface area contributed by atoms with Crippen LogP contribution in [0, 0.1) is 5.82 Å². The SMILES string of the molecule is CCC1(N)CC1c1ccc(NC(=O)c2ccccc2)c(F)c1. The Morgan fingerprint density at radius 3 is 2.64 bits per heavy atom. The minimum atomic E-state index is -0.424. The van der Waals surface area contributed by atoms with Gasteiger partial charge in [-0.05, 0) is 42.7 Å². The molecule has 0 saturated heterocycles. The van der Waals surface area contributed by atoms with Crippen LogP contribution >= 0.6 is 0 Å². The molecule has 0 bridgehead atoms. The van der Waals surface area contributed by atoms with Crippen LogP contribution in [0.2, 0.25) is 0 Å². The van der Waals surface area contributed by atoms with Crippen LogP contribution in [-0.4, -0.2) is 11.4 Å². The standard InChI is InChI=1S/C18H19FN2O/c1-2-18(20)11-14(18)13-8-9-16(15(19)10-13)21-17(22)12-6-4-3-5-7-12/h3-10,14H,2,11,20H2,1H3,(H,21,22). The quantitative estimate of drug-likeness (QED) is 0.904. The van der Waals surface area contributed by atoms with E-state index in [0.717, 1.165) is 18.4 Å². The first-order chi connectivity index (χ1) is 10.5. The van der Waals surface area contributed by atoms with E-state index in [2.05, 4.69) is 5.32 Å². The van der Waals surface area contributed by atoms with Crippen molar-refractivity contribution in [2.24, 2.45) is 5.73 Å². The molecule has 0 radical (unpaired) electrons. The van der Waals surface area contributed by atoms with Crippen molar-refractivity contribution in [1.29, 1.82) is 0 Å². The maximum absolute atomic E-state index is 14.2. The molecule has 22 heavy (non-hydrogen) atoms. The summed E-state index contributed by atoms with van der Waals surface area (Å²) in [5, 5.41) is 2.60. The number of hydrogen-bond donors (Lipinski definition) is 2. The van der Waals surface area contributed by atoms with Crippen LogP contribution in [0.5, 0.6) is 0 Å². The van der Waals surface area contributed by atoms with Gasteiger partial charge in [-0.1, -0.05) is 31.2 Å². The Morgan fingerprint density at radius 2 is 2.05 bits per heavy atom. The zero-order chi connectivity index (χ0) is 15.7. The molecule has 4 heteroatoms. The van der Waals surface area contributed by atoms with Crippen molar-refractivity contribution in [3.05, 3.63) is 65.5 Å². The molecule has 3 rings (SSSR count). The average Bonchev–Trinajstić information content (AvgIpc) is 3.23. The Balaban J connectivity index is 1.75. The van der Waals surface area contributed by atoms with Gasteiger partial charge >= 0.3 is 0 Å². The van der Waals surface area contributed by atoms with Gasteiger partial charge in [0.05, 0.1) is 5.69 Å². The smallest absolute Gasteiger partial charge is 0.255 e. The summed E-state index contributed by atoms with van der Waals surface area (Å²) in [6.45, 7) is 2.05. The lowest BCUT2D eigenvalue weighted by Gasteiger charge is -2.10. The Bertz CT molecular complexity index is 701. The second kappa shape index (κ2) is 5.54. The summed E-state index contributed by atoms with van der Waals surface area (Å²) >= 11 is 0. The van der Waals surface area contributed by atoms with Crippen LogP contribution in [0.25, 0.3) is 0 Å². The van der Waals surface area contributed by atoms with Crippen molar-refractivity contribution >= 4 is 11.6 Å². The highest BCUT2D eigenvalue weighted by atomic mass is 19.1. The van der Waals surface area contributed by atoms with Crippen molar-refractivity contribution in [2.45, 2.75) is 31.2 Å². The van der Waals surface area contributed by atoms with Crippen molar-refractivity contribution in [2.75, 3.05) is 5.32 Å². The van der Waals surface area contributed by atoms with Crippen molar-refractivity contribution in [3.63, 3.8) is 0 Å². The summed E-state index contributed by atoms with van der Waals surface area (Å²) in [6.07, 6.45) is 1.77. The van der Waals surface area contributed by atoms with Crippen LogP contribution in [-0.2, 0) is 0 Å². The molecule has 1 aliphatic carbocycles. The first-order valence-corrected chi connectivity index (χ1v) is 7.48. The summed E-state index contributed by atoms with van der Waals surface area (Å²) in [5.74, 6) is -0.529. The monoisotopic (exact) mass is 298 g/mol. The fourth-order valence-electron chi connectivity index (χ4n) is 2.80. The molecule has 114 valence electrons. The average molecular weight is 298 g/mol. The Morgan fingerprint density at radius 1 is 1.32 bits per heavy atom. The first kappa shape index (κ1) is 14.7. The Labute approximate surface area is 129 Å². The molecule has 0 aromatic heterocycles. The van der Waals surface area contributed by atoms with Gasteiger partial charge < -0.3 is 11.1 Å². The van der Waals surface area contributed by atoms with Gasteiger partial charge in [-0.25, -0.2) is 4.39 Å². The van der Waals surface area contributed by atoms with Crippen LogP contribution in [0.15, 0.2) is 48.5 Å². The van der Waals surface area contributed by atoms with Crippen LogP contribution in [0.4, 0.5) is 10.1 Å². The van der Waals surface area contributed by atoms with Crippen LogP contribution in [0.1, 0.15) is 41.6 Å². The highest BCUT2D eigenvalue weighted by Crippen LogP contribution is 2.51. The predicted molar refractivity (Wildman–Crippen MR) is 85.4 cm³/mol. The number of benzene rings is 2. The van der Waals surface area contributed by atoms with Gasteiger partial charge in [0.15, 0.2) is 0 Å². The van der Waals surface area contributed by atoms with Gasteiger partial charge in [-0.2, -0.15) is 0 Å². The molecule has 1 aliphatic rings. The second-order valence-electron chi connectivity index (χ2n) is 5.90. The van der Waals surface area contributed by atoms with E-state index in [9.17, 15) is 9.18 Å². The number of carbonyl (C=O) groups excluding carboxylic acids is 1. The van der Waals surface area contributed by atoms with Crippen LogP contribution in [0.3, 0.4) is 0 Å². The largest absolute Gasteiger partial charge is 0.325 e. The molecule has 0 aliphatic heterocycles. The minimum Gasteiger partial charge on any atom is -0.325 e. The number of halogens is 1. The molecule has 1 amide bonds.